The van der Waals surface area contributed by atoms with Gasteiger partial charge in [-0.25, -0.2) is 0 Å². The molecule has 0 atom stereocenters. The molecule has 0 radical (unpaired) electrons. The van der Waals surface area contributed by atoms with Gasteiger partial charge in [-0.15, -0.1) is 0 Å². The Hall–Kier alpha value is -2.44. The van der Waals surface area contributed by atoms with Crippen molar-refractivity contribution in [3.63, 3.8) is 0 Å². The molecule has 0 unspecified atom stereocenters. The zero-order valence-corrected chi connectivity index (χ0v) is 15.0. The Labute approximate surface area is 156 Å². The average molecular weight is 374 g/mol. The van der Waals surface area contributed by atoms with Crippen molar-refractivity contribution in [2.45, 2.75) is 24.7 Å². The van der Waals surface area contributed by atoms with E-state index in [-0.39, 0.29) is 18.2 Å². The molecular formula is C19H20ClN3O3. The van der Waals surface area contributed by atoms with Crippen LogP contribution in [0.25, 0.3) is 0 Å². The van der Waals surface area contributed by atoms with Gasteiger partial charge in [0.15, 0.2) is 0 Å². The molecule has 1 fully saturated rings. The fraction of sp³-hybridized carbons (Fsp3) is 0.316. The maximum Gasteiger partial charge on any atom is 0.249 e. The Balaban J connectivity index is 1.68. The minimum atomic E-state index is -0.746. The van der Waals surface area contributed by atoms with Crippen molar-refractivity contribution in [3.8, 4) is 0 Å². The minimum absolute atomic E-state index is 0.144. The van der Waals surface area contributed by atoms with Crippen LogP contribution in [0.3, 0.4) is 0 Å². The molecule has 7 heteroatoms. The molecule has 0 saturated carbocycles. The number of pyridine rings is 1. The summed E-state index contributed by atoms with van der Waals surface area (Å²) >= 11 is 5.97. The Morgan fingerprint density at radius 3 is 2.50 bits per heavy atom. The van der Waals surface area contributed by atoms with E-state index in [1.807, 2.05) is 18.2 Å². The van der Waals surface area contributed by atoms with Gasteiger partial charge in [0.05, 0.1) is 11.8 Å². The van der Waals surface area contributed by atoms with Crippen molar-refractivity contribution in [2.24, 2.45) is 0 Å². The van der Waals surface area contributed by atoms with Gasteiger partial charge in [-0.2, -0.15) is 0 Å². The van der Waals surface area contributed by atoms with E-state index in [4.69, 9.17) is 16.3 Å². The normalized spacial score (nSPS) is 15.9. The Morgan fingerprint density at radius 2 is 1.85 bits per heavy atom. The number of nitrogens with one attached hydrogen (secondary N) is 2. The van der Waals surface area contributed by atoms with Gasteiger partial charge >= 0.3 is 0 Å². The second-order valence-electron chi connectivity index (χ2n) is 6.24. The van der Waals surface area contributed by atoms with Crippen LogP contribution in [0.5, 0.6) is 0 Å². The monoisotopic (exact) mass is 373 g/mol. The molecule has 1 saturated heterocycles. The van der Waals surface area contributed by atoms with Crippen LogP contribution in [-0.4, -0.2) is 30.0 Å². The van der Waals surface area contributed by atoms with E-state index in [2.05, 4.69) is 15.8 Å². The van der Waals surface area contributed by atoms with Crippen LogP contribution in [0.2, 0.25) is 5.02 Å². The van der Waals surface area contributed by atoms with Crippen molar-refractivity contribution >= 4 is 23.4 Å². The van der Waals surface area contributed by atoms with Crippen LogP contribution in [0.4, 0.5) is 0 Å². The maximum atomic E-state index is 12.9. The number of carbonyl (C=O) groups is 2. The summed E-state index contributed by atoms with van der Waals surface area (Å²) in [6.07, 6.45) is 4.49. The molecule has 1 aliphatic rings. The first-order valence-corrected chi connectivity index (χ1v) is 8.80. The minimum Gasteiger partial charge on any atom is -0.381 e. The summed E-state index contributed by atoms with van der Waals surface area (Å²) in [4.78, 5) is 29.0. The van der Waals surface area contributed by atoms with E-state index >= 15 is 0 Å². The molecule has 1 aromatic carbocycles. The van der Waals surface area contributed by atoms with Crippen molar-refractivity contribution < 1.29 is 14.3 Å². The number of hydrogen-bond acceptors (Lipinski definition) is 4. The zero-order chi connectivity index (χ0) is 18.4. The lowest BCUT2D eigenvalue weighted by Crippen LogP contribution is -2.53. The highest BCUT2D eigenvalue weighted by atomic mass is 35.5. The zero-order valence-electron chi connectivity index (χ0n) is 14.2. The highest BCUT2D eigenvalue weighted by Crippen LogP contribution is 2.35. The number of aromatic nitrogens is 1. The Bertz CT molecular complexity index is 759. The van der Waals surface area contributed by atoms with E-state index in [1.54, 1.807) is 30.6 Å². The van der Waals surface area contributed by atoms with Crippen molar-refractivity contribution in [2.75, 3.05) is 13.2 Å². The molecule has 6 nitrogen and oxygen atoms in total. The number of halogens is 1. The highest BCUT2D eigenvalue weighted by Gasteiger charge is 2.41. The molecule has 2 N–H and O–H groups in total. The lowest BCUT2D eigenvalue weighted by Gasteiger charge is -2.36. The van der Waals surface area contributed by atoms with E-state index in [9.17, 15) is 9.59 Å². The third kappa shape index (κ3) is 4.20. The first-order valence-electron chi connectivity index (χ1n) is 8.42. The number of amides is 2. The molecule has 0 aliphatic carbocycles. The summed E-state index contributed by atoms with van der Waals surface area (Å²) in [6, 6.07) is 10.8. The second kappa shape index (κ2) is 8.29. The number of hydrazine groups is 1. The van der Waals surface area contributed by atoms with E-state index in [1.165, 1.54) is 0 Å². The third-order valence-electron chi connectivity index (χ3n) is 4.58. The summed E-state index contributed by atoms with van der Waals surface area (Å²) < 4.78 is 5.42. The third-order valence-corrected chi connectivity index (χ3v) is 4.83. The molecular weight excluding hydrogens is 354 g/mol. The topological polar surface area (TPSA) is 80.3 Å². The Kier molecular flexibility index (Phi) is 5.85. The molecule has 0 bridgehead atoms. The van der Waals surface area contributed by atoms with E-state index < -0.39 is 5.41 Å². The van der Waals surface area contributed by atoms with Crippen LogP contribution < -0.4 is 10.9 Å². The molecule has 1 aromatic heterocycles. The lowest BCUT2D eigenvalue weighted by molar-refractivity contribution is -0.135. The van der Waals surface area contributed by atoms with Crippen LogP contribution in [0.15, 0.2) is 48.8 Å². The SMILES string of the molecule is O=C(Cc1cccnc1)NNC(=O)C1(c2ccc(Cl)cc2)CCOCC1. The molecule has 136 valence electrons. The quantitative estimate of drug-likeness (QED) is 0.805. The first kappa shape index (κ1) is 18.4. The largest absolute Gasteiger partial charge is 0.381 e. The van der Waals surface area contributed by atoms with Crippen molar-refractivity contribution in [1.82, 2.24) is 15.8 Å². The standard InChI is InChI=1S/C19H20ClN3O3/c20-16-5-3-15(4-6-16)19(7-10-26-11-8-19)18(25)23-22-17(24)12-14-2-1-9-21-13-14/h1-6,9,13H,7-8,10-12H2,(H,22,24)(H,23,25). The van der Waals surface area contributed by atoms with Gasteiger partial charge in [0.25, 0.3) is 0 Å². The molecule has 2 amide bonds. The number of carbonyl (C=O) groups excluding carboxylic acids is 2. The number of hydrogen-bond donors (Lipinski definition) is 2. The molecule has 1 aliphatic heterocycles. The van der Waals surface area contributed by atoms with Crippen LogP contribution in [0, 0.1) is 0 Å². The molecule has 26 heavy (non-hydrogen) atoms. The van der Waals surface area contributed by atoms with Crippen molar-refractivity contribution in [3.05, 3.63) is 64.9 Å². The summed E-state index contributed by atoms with van der Waals surface area (Å²) in [6.45, 7) is 0.972. The molecule has 0 spiro atoms. The smallest absolute Gasteiger partial charge is 0.249 e. The van der Waals surface area contributed by atoms with Gasteiger partial charge in [-0.05, 0) is 42.2 Å². The Morgan fingerprint density at radius 1 is 1.12 bits per heavy atom. The number of benzene rings is 1. The fourth-order valence-electron chi connectivity index (χ4n) is 3.11. The number of ether oxygens (including phenoxy) is 1. The first-order chi connectivity index (χ1) is 12.6. The van der Waals surface area contributed by atoms with Gasteiger partial charge in [-0.1, -0.05) is 29.8 Å². The van der Waals surface area contributed by atoms with Gasteiger partial charge in [0.1, 0.15) is 0 Å². The lowest BCUT2D eigenvalue weighted by atomic mass is 9.73. The molecule has 2 heterocycles. The van der Waals surface area contributed by atoms with Gasteiger partial charge in [0, 0.05) is 30.6 Å². The van der Waals surface area contributed by atoms with E-state index in [0.717, 1.165) is 11.1 Å². The molecule has 2 aromatic rings. The second-order valence-corrected chi connectivity index (χ2v) is 6.68. The van der Waals surface area contributed by atoms with E-state index in [0.29, 0.717) is 31.1 Å². The summed E-state index contributed by atoms with van der Waals surface area (Å²) in [5.74, 6) is -0.549. The van der Waals surface area contributed by atoms with Crippen LogP contribution >= 0.6 is 11.6 Å². The predicted molar refractivity (Wildman–Crippen MR) is 97.4 cm³/mol. The summed E-state index contributed by atoms with van der Waals surface area (Å²) in [5.41, 5.74) is 5.97. The number of rotatable bonds is 4. The fourth-order valence-corrected chi connectivity index (χ4v) is 3.24. The highest BCUT2D eigenvalue weighted by molar-refractivity contribution is 6.30. The predicted octanol–water partition coefficient (Wildman–Crippen LogP) is 2.17. The van der Waals surface area contributed by atoms with Gasteiger partial charge in [-0.3, -0.25) is 25.4 Å². The number of nitrogens with zero attached hydrogens (tertiary/aromatic N) is 1. The summed E-state index contributed by atoms with van der Waals surface area (Å²) in [7, 11) is 0. The summed E-state index contributed by atoms with van der Waals surface area (Å²) in [5, 5.41) is 0.612. The molecule has 3 rings (SSSR count). The van der Waals surface area contributed by atoms with Crippen LogP contribution in [-0.2, 0) is 26.2 Å². The maximum absolute atomic E-state index is 12.9. The average Bonchev–Trinajstić information content (AvgIpc) is 2.68. The van der Waals surface area contributed by atoms with Gasteiger partial charge < -0.3 is 4.74 Å². The van der Waals surface area contributed by atoms with Crippen LogP contribution in [0.1, 0.15) is 24.0 Å². The van der Waals surface area contributed by atoms with Gasteiger partial charge in [0.2, 0.25) is 11.8 Å². The van der Waals surface area contributed by atoms with Crippen molar-refractivity contribution in [1.29, 1.82) is 0 Å².